The molecule has 9 heavy (non-hydrogen) atoms. The van der Waals surface area contributed by atoms with Gasteiger partial charge < -0.3 is 5.73 Å². The van der Waals surface area contributed by atoms with Crippen molar-refractivity contribution in [3.05, 3.63) is 23.4 Å². The quantitative estimate of drug-likeness (QED) is 0.562. The summed E-state index contributed by atoms with van der Waals surface area (Å²) in [5.41, 5.74) is 7.83. The van der Waals surface area contributed by atoms with Gasteiger partial charge in [-0.2, -0.15) is 0 Å². The SMILES string of the molecule is C/C=C(CC)\C(C)=C/N. The standard InChI is InChI=1S/C8H15N/c1-4-8(5-2)7(3)6-9/h4,6H,5,9H2,1-3H3/b7-6-,8-4-. The van der Waals surface area contributed by atoms with Crippen molar-refractivity contribution in [3.8, 4) is 0 Å². The second-order valence-electron chi connectivity index (χ2n) is 2.02. The van der Waals surface area contributed by atoms with E-state index in [9.17, 15) is 0 Å². The molecule has 0 rings (SSSR count). The van der Waals surface area contributed by atoms with E-state index >= 15 is 0 Å². The summed E-state index contributed by atoms with van der Waals surface area (Å²) in [6.45, 7) is 6.19. The summed E-state index contributed by atoms with van der Waals surface area (Å²) in [5.74, 6) is 0. The summed E-state index contributed by atoms with van der Waals surface area (Å²) in [5, 5.41) is 0. The van der Waals surface area contributed by atoms with E-state index < -0.39 is 0 Å². The molecule has 0 spiro atoms. The van der Waals surface area contributed by atoms with E-state index in [2.05, 4.69) is 13.0 Å². The Hall–Kier alpha value is -0.720. The molecule has 0 amide bonds. The van der Waals surface area contributed by atoms with Crippen molar-refractivity contribution in [3.63, 3.8) is 0 Å². The predicted octanol–water partition coefficient (Wildman–Crippen LogP) is 2.21. The Morgan fingerprint density at radius 2 is 2.11 bits per heavy atom. The normalized spacial score (nSPS) is 14.1. The first kappa shape index (κ1) is 8.28. The molecule has 0 aromatic heterocycles. The fraction of sp³-hybridized carbons (Fsp3) is 0.500. The molecule has 0 heterocycles. The minimum Gasteiger partial charge on any atom is -0.404 e. The molecule has 0 bridgehead atoms. The Morgan fingerprint density at radius 1 is 1.56 bits per heavy atom. The van der Waals surface area contributed by atoms with Gasteiger partial charge in [0.1, 0.15) is 0 Å². The van der Waals surface area contributed by atoms with Crippen molar-refractivity contribution >= 4 is 0 Å². The third-order valence-corrected chi connectivity index (χ3v) is 1.49. The maximum absolute atomic E-state index is 5.32. The molecule has 2 N–H and O–H groups in total. The molecule has 0 radical (unpaired) electrons. The van der Waals surface area contributed by atoms with Crippen molar-refractivity contribution in [1.82, 2.24) is 0 Å². The van der Waals surface area contributed by atoms with E-state index in [0.29, 0.717) is 0 Å². The topological polar surface area (TPSA) is 26.0 Å². The molecule has 0 atom stereocenters. The second-order valence-corrected chi connectivity index (χ2v) is 2.02. The lowest BCUT2D eigenvalue weighted by Crippen LogP contribution is -1.87. The molecule has 1 heteroatoms. The van der Waals surface area contributed by atoms with Crippen LogP contribution < -0.4 is 5.73 Å². The highest BCUT2D eigenvalue weighted by Gasteiger charge is 1.91. The van der Waals surface area contributed by atoms with E-state index in [1.165, 1.54) is 11.1 Å². The van der Waals surface area contributed by atoms with Crippen molar-refractivity contribution in [2.45, 2.75) is 27.2 Å². The Bertz CT molecular complexity index is 132. The van der Waals surface area contributed by atoms with Crippen molar-refractivity contribution in [2.24, 2.45) is 5.73 Å². The Labute approximate surface area is 57.3 Å². The number of rotatable bonds is 2. The van der Waals surface area contributed by atoms with Crippen molar-refractivity contribution < 1.29 is 0 Å². The highest BCUT2D eigenvalue weighted by Crippen LogP contribution is 2.10. The molecular weight excluding hydrogens is 110 g/mol. The second kappa shape index (κ2) is 4.19. The predicted molar refractivity (Wildman–Crippen MR) is 42.0 cm³/mol. The molecule has 1 nitrogen and oxygen atoms in total. The smallest absolute Gasteiger partial charge is 0.00299 e. The van der Waals surface area contributed by atoms with Gasteiger partial charge in [-0.1, -0.05) is 13.0 Å². The van der Waals surface area contributed by atoms with E-state index in [-0.39, 0.29) is 0 Å². The fourth-order valence-corrected chi connectivity index (χ4v) is 0.818. The van der Waals surface area contributed by atoms with Crippen LogP contribution >= 0.6 is 0 Å². The number of nitrogens with two attached hydrogens (primary N) is 1. The van der Waals surface area contributed by atoms with Crippen molar-refractivity contribution in [1.29, 1.82) is 0 Å². The van der Waals surface area contributed by atoms with Crippen molar-refractivity contribution in [2.75, 3.05) is 0 Å². The largest absolute Gasteiger partial charge is 0.404 e. The zero-order valence-corrected chi connectivity index (χ0v) is 6.44. The summed E-state index contributed by atoms with van der Waals surface area (Å²) in [6.07, 6.45) is 4.81. The zero-order chi connectivity index (χ0) is 7.28. The van der Waals surface area contributed by atoms with E-state index in [1.807, 2.05) is 13.8 Å². The minimum atomic E-state index is 1.07. The molecule has 0 unspecified atom stereocenters. The van der Waals surface area contributed by atoms with Crippen LogP contribution in [0.15, 0.2) is 23.4 Å². The van der Waals surface area contributed by atoms with Crippen LogP contribution in [-0.4, -0.2) is 0 Å². The van der Waals surface area contributed by atoms with Gasteiger partial charge in [0, 0.05) is 0 Å². The minimum absolute atomic E-state index is 1.07. The van der Waals surface area contributed by atoms with Gasteiger partial charge in [0.2, 0.25) is 0 Å². The van der Waals surface area contributed by atoms with Gasteiger partial charge in [-0.05, 0) is 37.6 Å². The van der Waals surface area contributed by atoms with Gasteiger partial charge in [0.25, 0.3) is 0 Å². The first-order chi connectivity index (χ1) is 4.26. The molecule has 0 aromatic carbocycles. The molecule has 0 fully saturated rings. The molecule has 0 saturated carbocycles. The molecule has 0 aliphatic carbocycles. The van der Waals surface area contributed by atoms with Gasteiger partial charge >= 0.3 is 0 Å². The lowest BCUT2D eigenvalue weighted by atomic mass is 10.1. The lowest BCUT2D eigenvalue weighted by molar-refractivity contribution is 1.09. The molecular formula is C8H15N. The first-order valence-electron chi connectivity index (χ1n) is 3.30. The summed E-state index contributed by atoms with van der Waals surface area (Å²) in [7, 11) is 0. The van der Waals surface area contributed by atoms with E-state index in [4.69, 9.17) is 5.73 Å². The summed E-state index contributed by atoms with van der Waals surface area (Å²) in [4.78, 5) is 0. The molecule has 0 aromatic rings. The average Bonchev–Trinajstić information content (AvgIpc) is 1.90. The third-order valence-electron chi connectivity index (χ3n) is 1.49. The average molecular weight is 125 g/mol. The van der Waals surface area contributed by atoms with Crippen LogP contribution in [0.25, 0.3) is 0 Å². The molecule has 0 aliphatic rings. The summed E-state index contributed by atoms with van der Waals surface area (Å²) >= 11 is 0. The Kier molecular flexibility index (Phi) is 3.85. The van der Waals surface area contributed by atoms with Crippen LogP contribution in [0.1, 0.15) is 27.2 Å². The zero-order valence-electron chi connectivity index (χ0n) is 6.44. The molecule has 0 aliphatic heterocycles. The van der Waals surface area contributed by atoms with Crippen LogP contribution in [0.4, 0.5) is 0 Å². The van der Waals surface area contributed by atoms with Crippen LogP contribution in [0.5, 0.6) is 0 Å². The summed E-state index contributed by atoms with van der Waals surface area (Å²) in [6, 6.07) is 0. The maximum atomic E-state index is 5.32. The van der Waals surface area contributed by atoms with E-state index in [1.54, 1.807) is 6.20 Å². The fourth-order valence-electron chi connectivity index (χ4n) is 0.818. The molecule has 52 valence electrons. The lowest BCUT2D eigenvalue weighted by Gasteiger charge is -2.00. The number of allylic oxidation sites excluding steroid dienone is 3. The van der Waals surface area contributed by atoms with Gasteiger partial charge in [0.15, 0.2) is 0 Å². The van der Waals surface area contributed by atoms with Gasteiger partial charge in [-0.15, -0.1) is 0 Å². The van der Waals surface area contributed by atoms with Crippen LogP contribution in [-0.2, 0) is 0 Å². The third kappa shape index (κ3) is 2.36. The monoisotopic (exact) mass is 125 g/mol. The maximum Gasteiger partial charge on any atom is -0.00299 e. The first-order valence-corrected chi connectivity index (χ1v) is 3.30. The van der Waals surface area contributed by atoms with Gasteiger partial charge in [0.05, 0.1) is 0 Å². The number of hydrogen-bond donors (Lipinski definition) is 1. The highest BCUT2D eigenvalue weighted by atomic mass is 14.5. The van der Waals surface area contributed by atoms with Gasteiger partial charge in [-0.25, -0.2) is 0 Å². The number of hydrogen-bond acceptors (Lipinski definition) is 1. The van der Waals surface area contributed by atoms with E-state index in [0.717, 1.165) is 6.42 Å². The van der Waals surface area contributed by atoms with Crippen LogP contribution in [0.2, 0.25) is 0 Å². The summed E-state index contributed by atoms with van der Waals surface area (Å²) < 4.78 is 0. The Morgan fingerprint density at radius 3 is 2.22 bits per heavy atom. The molecule has 0 saturated heterocycles. The van der Waals surface area contributed by atoms with Crippen LogP contribution in [0.3, 0.4) is 0 Å². The highest BCUT2D eigenvalue weighted by molar-refractivity contribution is 5.26. The van der Waals surface area contributed by atoms with Gasteiger partial charge in [-0.3, -0.25) is 0 Å². The Balaban J connectivity index is 4.14. The van der Waals surface area contributed by atoms with Crippen LogP contribution in [0, 0.1) is 0 Å².